The van der Waals surface area contributed by atoms with E-state index in [1.807, 2.05) is 0 Å². The molecule has 3 atom stereocenters. The third kappa shape index (κ3) is 2.27. The third-order valence-electron chi connectivity index (χ3n) is 3.33. The lowest BCUT2D eigenvalue weighted by Crippen LogP contribution is -2.18. The number of nitrogens with two attached hydrogens (primary N) is 1. The summed E-state index contributed by atoms with van der Waals surface area (Å²) in [5.74, 6) is -1.01. The summed E-state index contributed by atoms with van der Waals surface area (Å²) in [6.07, 6.45) is 0. The first-order valence-corrected chi connectivity index (χ1v) is 7.77. The van der Waals surface area contributed by atoms with Crippen molar-refractivity contribution >= 4 is 27.0 Å². The number of thiocarbonyl (C=S) groups is 1. The normalized spacial score (nSPS) is 26.9. The summed E-state index contributed by atoms with van der Waals surface area (Å²) >= 11 is 4.91. The molecule has 0 saturated heterocycles. The molecule has 0 aromatic heterocycles. The van der Waals surface area contributed by atoms with Crippen LogP contribution in [0, 0.1) is 11.7 Å². The Morgan fingerprint density at radius 1 is 1.50 bits per heavy atom. The Balaban J connectivity index is 2.37. The van der Waals surface area contributed by atoms with E-state index >= 15 is 0 Å². The monoisotopic (exact) mass is 287 g/mol. The van der Waals surface area contributed by atoms with Gasteiger partial charge in [-0.3, -0.25) is 0 Å². The average molecular weight is 287 g/mol. The van der Waals surface area contributed by atoms with Crippen LogP contribution in [-0.2, 0) is 9.84 Å². The summed E-state index contributed by atoms with van der Waals surface area (Å²) in [4.78, 5) is 0.186. The van der Waals surface area contributed by atoms with Gasteiger partial charge in [-0.2, -0.15) is 0 Å². The van der Waals surface area contributed by atoms with Crippen molar-refractivity contribution in [2.24, 2.45) is 11.7 Å². The third-order valence-corrected chi connectivity index (χ3v) is 5.83. The summed E-state index contributed by atoms with van der Waals surface area (Å²) < 4.78 is 37.0. The van der Waals surface area contributed by atoms with E-state index in [0.717, 1.165) is 0 Å². The van der Waals surface area contributed by atoms with Gasteiger partial charge in [0.1, 0.15) is 5.82 Å². The van der Waals surface area contributed by atoms with E-state index in [2.05, 4.69) is 0 Å². The molecule has 2 rings (SSSR count). The number of rotatable bonds is 4. The van der Waals surface area contributed by atoms with Gasteiger partial charge in [-0.05, 0) is 17.7 Å². The molecule has 1 aliphatic carbocycles. The molecule has 0 amide bonds. The van der Waals surface area contributed by atoms with E-state index in [-0.39, 0.29) is 28.4 Å². The summed E-state index contributed by atoms with van der Waals surface area (Å²) in [7, 11) is -3.22. The van der Waals surface area contributed by atoms with Crippen molar-refractivity contribution in [3.8, 4) is 0 Å². The molecule has 6 heteroatoms. The van der Waals surface area contributed by atoms with Crippen LogP contribution in [0.15, 0.2) is 24.3 Å². The van der Waals surface area contributed by atoms with Crippen LogP contribution < -0.4 is 5.73 Å². The van der Waals surface area contributed by atoms with Crippen LogP contribution in [0.25, 0.3) is 0 Å². The second-order valence-corrected chi connectivity index (χ2v) is 7.34. The smallest absolute Gasteiger partial charge is 0.154 e. The maximum absolute atomic E-state index is 13.2. The molecule has 1 saturated carbocycles. The molecule has 1 fully saturated rings. The van der Waals surface area contributed by atoms with Crippen molar-refractivity contribution in [1.82, 2.24) is 0 Å². The van der Waals surface area contributed by atoms with Crippen LogP contribution in [0.3, 0.4) is 0 Å². The fourth-order valence-corrected chi connectivity index (χ4v) is 4.58. The molecule has 0 radical (unpaired) electrons. The number of halogens is 1. The standard InChI is InChI=1S/C12H14FNO2S2/c1-2-18(15,16)11-9(10(11)12(14)17)7-4-3-5-8(13)6-7/h3-6,9-11H,2H2,1H3,(H2,14,17)/t9-,10-,11+/m1/s1. The number of hydrogen-bond donors (Lipinski definition) is 1. The van der Waals surface area contributed by atoms with Gasteiger partial charge in [0, 0.05) is 17.6 Å². The molecule has 0 unspecified atom stereocenters. The molecule has 2 N–H and O–H groups in total. The Labute approximate surface area is 111 Å². The van der Waals surface area contributed by atoms with E-state index in [9.17, 15) is 12.8 Å². The molecule has 0 aliphatic heterocycles. The summed E-state index contributed by atoms with van der Waals surface area (Å²) in [6, 6.07) is 5.95. The molecular weight excluding hydrogens is 273 g/mol. The largest absolute Gasteiger partial charge is 0.393 e. The van der Waals surface area contributed by atoms with E-state index in [4.69, 9.17) is 18.0 Å². The molecule has 0 spiro atoms. The molecule has 0 heterocycles. The summed E-state index contributed by atoms with van der Waals surface area (Å²) in [5, 5.41) is -0.596. The highest BCUT2D eigenvalue weighted by Crippen LogP contribution is 2.52. The highest BCUT2D eigenvalue weighted by atomic mass is 32.2. The Kier molecular flexibility index (Phi) is 3.42. The van der Waals surface area contributed by atoms with Gasteiger partial charge in [-0.1, -0.05) is 31.3 Å². The quantitative estimate of drug-likeness (QED) is 0.855. The van der Waals surface area contributed by atoms with Crippen molar-refractivity contribution < 1.29 is 12.8 Å². The topological polar surface area (TPSA) is 60.2 Å². The zero-order valence-corrected chi connectivity index (χ0v) is 11.5. The van der Waals surface area contributed by atoms with E-state index < -0.39 is 15.1 Å². The number of benzene rings is 1. The Morgan fingerprint density at radius 3 is 2.67 bits per heavy atom. The molecule has 1 aromatic carbocycles. The van der Waals surface area contributed by atoms with Crippen LogP contribution in [0.4, 0.5) is 4.39 Å². The minimum Gasteiger partial charge on any atom is -0.393 e. The van der Waals surface area contributed by atoms with E-state index in [0.29, 0.717) is 5.56 Å². The van der Waals surface area contributed by atoms with Crippen LogP contribution in [0.2, 0.25) is 0 Å². The SMILES string of the molecule is CCS(=O)(=O)[C@@H]1[C@H](C(N)=S)[C@H]1c1cccc(F)c1. The van der Waals surface area contributed by atoms with Crippen LogP contribution >= 0.6 is 12.2 Å². The van der Waals surface area contributed by atoms with Gasteiger partial charge in [0.25, 0.3) is 0 Å². The lowest BCUT2D eigenvalue weighted by atomic mass is 10.1. The predicted molar refractivity (Wildman–Crippen MR) is 72.7 cm³/mol. The second-order valence-electron chi connectivity index (χ2n) is 4.43. The average Bonchev–Trinajstić information content (AvgIpc) is 3.05. The molecule has 3 nitrogen and oxygen atoms in total. The molecule has 1 aromatic rings. The fourth-order valence-electron chi connectivity index (χ4n) is 2.37. The highest BCUT2D eigenvalue weighted by Gasteiger charge is 2.59. The lowest BCUT2D eigenvalue weighted by molar-refractivity contribution is 0.594. The predicted octanol–water partition coefficient (Wildman–Crippen LogP) is 1.63. The van der Waals surface area contributed by atoms with Crippen LogP contribution in [0.5, 0.6) is 0 Å². The van der Waals surface area contributed by atoms with Crippen molar-refractivity contribution in [1.29, 1.82) is 0 Å². The van der Waals surface area contributed by atoms with Crippen molar-refractivity contribution in [2.45, 2.75) is 18.1 Å². The van der Waals surface area contributed by atoms with Crippen molar-refractivity contribution in [2.75, 3.05) is 5.75 Å². The molecule has 1 aliphatic rings. The highest BCUT2D eigenvalue weighted by molar-refractivity contribution is 7.92. The second kappa shape index (κ2) is 4.59. The maximum Gasteiger partial charge on any atom is 0.154 e. The van der Waals surface area contributed by atoms with Crippen molar-refractivity contribution in [3.63, 3.8) is 0 Å². The summed E-state index contributed by atoms with van der Waals surface area (Å²) in [5.41, 5.74) is 6.23. The maximum atomic E-state index is 13.2. The Morgan fingerprint density at radius 2 is 2.17 bits per heavy atom. The minimum atomic E-state index is -3.22. The zero-order valence-electron chi connectivity index (χ0n) is 9.84. The van der Waals surface area contributed by atoms with Gasteiger partial charge >= 0.3 is 0 Å². The van der Waals surface area contributed by atoms with Gasteiger partial charge < -0.3 is 5.73 Å². The first-order valence-electron chi connectivity index (χ1n) is 5.65. The Hall–Kier alpha value is -1.01. The van der Waals surface area contributed by atoms with Crippen molar-refractivity contribution in [3.05, 3.63) is 35.6 Å². The van der Waals surface area contributed by atoms with E-state index in [1.165, 1.54) is 12.1 Å². The number of hydrogen-bond acceptors (Lipinski definition) is 3. The number of sulfone groups is 1. The van der Waals surface area contributed by atoms with Gasteiger partial charge in [-0.25, -0.2) is 12.8 Å². The first kappa shape index (κ1) is 13.4. The van der Waals surface area contributed by atoms with Gasteiger partial charge in [-0.15, -0.1) is 0 Å². The molecule has 98 valence electrons. The summed E-state index contributed by atoms with van der Waals surface area (Å²) in [6.45, 7) is 1.59. The molecular formula is C12H14FNO2S2. The fraction of sp³-hybridized carbons (Fsp3) is 0.417. The van der Waals surface area contributed by atoms with Gasteiger partial charge in [0.05, 0.1) is 10.2 Å². The Bertz CT molecular complexity index is 585. The minimum absolute atomic E-state index is 0.0442. The first-order chi connectivity index (χ1) is 8.38. The zero-order chi connectivity index (χ0) is 13.5. The van der Waals surface area contributed by atoms with Gasteiger partial charge in [0.15, 0.2) is 9.84 Å². The van der Waals surface area contributed by atoms with Crippen LogP contribution in [-0.4, -0.2) is 24.4 Å². The van der Waals surface area contributed by atoms with Gasteiger partial charge in [0.2, 0.25) is 0 Å². The molecule has 18 heavy (non-hydrogen) atoms. The van der Waals surface area contributed by atoms with Crippen LogP contribution in [0.1, 0.15) is 18.4 Å². The van der Waals surface area contributed by atoms with E-state index in [1.54, 1.807) is 19.1 Å². The molecule has 0 bridgehead atoms. The lowest BCUT2D eigenvalue weighted by Gasteiger charge is -2.00.